The summed E-state index contributed by atoms with van der Waals surface area (Å²) in [5.41, 5.74) is 9.10. The quantitative estimate of drug-likeness (QED) is 0.761. The fourth-order valence-electron chi connectivity index (χ4n) is 2.77. The Morgan fingerprint density at radius 1 is 1.35 bits per heavy atom. The number of aromatic nitrogens is 3. The first-order chi connectivity index (χ1) is 11.2. The van der Waals surface area contributed by atoms with Crippen LogP contribution < -0.4 is 11.1 Å². The molecule has 0 aliphatic heterocycles. The van der Waals surface area contributed by atoms with Crippen LogP contribution in [-0.2, 0) is 19.3 Å². The van der Waals surface area contributed by atoms with Gasteiger partial charge >= 0.3 is 0 Å². The topological polar surface area (TPSA) is 93.8 Å². The predicted molar refractivity (Wildman–Crippen MR) is 93.3 cm³/mol. The van der Waals surface area contributed by atoms with Gasteiger partial charge in [0.05, 0.1) is 5.69 Å². The van der Waals surface area contributed by atoms with E-state index in [9.17, 15) is 4.79 Å². The lowest BCUT2D eigenvalue weighted by Gasteiger charge is -2.00. The summed E-state index contributed by atoms with van der Waals surface area (Å²) < 4.78 is 0. The number of hydrogen-bond acceptors (Lipinski definition) is 7. The molecule has 0 fully saturated rings. The van der Waals surface area contributed by atoms with Gasteiger partial charge in [0.15, 0.2) is 0 Å². The average molecular weight is 345 g/mol. The first-order valence-electron chi connectivity index (χ1n) is 7.50. The number of carbonyl (C=O) groups is 1. The van der Waals surface area contributed by atoms with Crippen LogP contribution in [0.4, 0.5) is 10.8 Å². The van der Waals surface area contributed by atoms with E-state index >= 15 is 0 Å². The Hall–Kier alpha value is -2.06. The SMILES string of the molecule is CCc1nnc(NC(=O)c2sc3nc4c(cc3c2N)CCC4)s1. The summed E-state index contributed by atoms with van der Waals surface area (Å²) in [6.45, 7) is 2.00. The van der Waals surface area contributed by atoms with E-state index in [1.54, 1.807) is 0 Å². The van der Waals surface area contributed by atoms with Gasteiger partial charge in [0, 0.05) is 11.1 Å². The highest BCUT2D eigenvalue weighted by molar-refractivity contribution is 7.21. The van der Waals surface area contributed by atoms with Crippen LogP contribution >= 0.6 is 22.7 Å². The van der Waals surface area contributed by atoms with E-state index in [0.29, 0.717) is 15.7 Å². The normalized spacial score (nSPS) is 13.4. The second-order valence-corrected chi connectivity index (χ2v) is 7.52. The number of aryl methyl sites for hydroxylation is 3. The number of nitrogens with zero attached hydrogens (tertiary/aromatic N) is 3. The van der Waals surface area contributed by atoms with Crippen LogP contribution in [0.2, 0.25) is 0 Å². The van der Waals surface area contributed by atoms with Crippen LogP contribution in [0, 0.1) is 0 Å². The average Bonchev–Trinajstić information content (AvgIpc) is 3.24. The second kappa shape index (κ2) is 5.54. The first kappa shape index (κ1) is 14.5. The van der Waals surface area contributed by atoms with Crippen molar-refractivity contribution in [3.05, 3.63) is 27.2 Å². The molecule has 3 heterocycles. The molecule has 0 spiro atoms. The summed E-state index contributed by atoms with van der Waals surface area (Å²) in [5, 5.41) is 13.0. The fraction of sp³-hybridized carbons (Fsp3) is 0.333. The Bertz CT molecular complexity index is 914. The molecule has 8 heteroatoms. The number of hydrogen-bond donors (Lipinski definition) is 2. The predicted octanol–water partition coefficient (Wildman–Crippen LogP) is 3.03. The number of thiophene rings is 1. The van der Waals surface area contributed by atoms with Gasteiger partial charge in [-0.2, -0.15) is 0 Å². The molecule has 0 unspecified atom stereocenters. The third kappa shape index (κ3) is 2.47. The van der Waals surface area contributed by atoms with Gasteiger partial charge in [0.25, 0.3) is 5.91 Å². The molecule has 0 aromatic carbocycles. The molecule has 0 saturated heterocycles. The van der Waals surface area contributed by atoms with Gasteiger partial charge in [-0.1, -0.05) is 18.3 Å². The van der Waals surface area contributed by atoms with Crippen molar-refractivity contribution in [1.29, 1.82) is 0 Å². The smallest absolute Gasteiger partial charge is 0.269 e. The number of carbonyl (C=O) groups excluding carboxylic acids is 1. The van der Waals surface area contributed by atoms with Crippen molar-refractivity contribution in [2.45, 2.75) is 32.6 Å². The minimum Gasteiger partial charge on any atom is -0.397 e. The first-order valence-corrected chi connectivity index (χ1v) is 9.13. The Morgan fingerprint density at radius 2 is 2.22 bits per heavy atom. The fourth-order valence-corrected chi connectivity index (χ4v) is 4.43. The maximum atomic E-state index is 12.5. The summed E-state index contributed by atoms with van der Waals surface area (Å²) in [4.78, 5) is 18.5. The highest BCUT2D eigenvalue weighted by atomic mass is 32.1. The molecule has 4 rings (SSSR count). The van der Waals surface area contributed by atoms with Crippen LogP contribution in [0.15, 0.2) is 6.07 Å². The van der Waals surface area contributed by atoms with Crippen molar-refractivity contribution in [2.75, 3.05) is 11.1 Å². The highest BCUT2D eigenvalue weighted by Gasteiger charge is 2.21. The van der Waals surface area contributed by atoms with Gasteiger partial charge in [-0.05, 0) is 37.3 Å². The van der Waals surface area contributed by atoms with Crippen LogP contribution in [0.3, 0.4) is 0 Å². The Labute approximate surface area is 140 Å². The molecular weight excluding hydrogens is 330 g/mol. The number of anilines is 2. The van der Waals surface area contributed by atoms with E-state index in [0.717, 1.165) is 46.6 Å². The van der Waals surface area contributed by atoms with Crippen LogP contribution in [0.1, 0.15) is 39.3 Å². The largest absolute Gasteiger partial charge is 0.397 e. The summed E-state index contributed by atoms with van der Waals surface area (Å²) in [5.74, 6) is -0.246. The molecule has 1 aliphatic rings. The number of pyridine rings is 1. The molecule has 118 valence electrons. The number of fused-ring (bicyclic) bond motifs is 2. The third-order valence-electron chi connectivity index (χ3n) is 3.95. The van der Waals surface area contributed by atoms with E-state index in [4.69, 9.17) is 5.73 Å². The molecular formula is C15H15N5OS2. The molecule has 6 nitrogen and oxygen atoms in total. The molecule has 3 aromatic rings. The zero-order valence-electron chi connectivity index (χ0n) is 12.5. The minimum atomic E-state index is -0.246. The number of nitrogen functional groups attached to an aromatic ring is 1. The lowest BCUT2D eigenvalue weighted by atomic mass is 10.1. The monoisotopic (exact) mass is 345 g/mol. The van der Waals surface area contributed by atoms with Crippen molar-refractivity contribution < 1.29 is 4.79 Å². The standard InChI is InChI=1S/C15H15N5OS2/c1-2-10-19-20-15(22-10)18-13(21)12-11(16)8-6-7-4-3-5-9(7)17-14(8)23-12/h6H,2-5,16H2,1H3,(H,18,20,21). The van der Waals surface area contributed by atoms with Gasteiger partial charge in [-0.3, -0.25) is 10.1 Å². The Kier molecular flexibility index (Phi) is 3.50. The molecule has 3 aromatic heterocycles. The molecule has 0 bridgehead atoms. The third-order valence-corrected chi connectivity index (χ3v) is 6.04. The molecule has 1 aliphatic carbocycles. The van der Waals surface area contributed by atoms with Crippen molar-refractivity contribution in [3.8, 4) is 0 Å². The van der Waals surface area contributed by atoms with Crippen molar-refractivity contribution >= 4 is 49.6 Å². The Balaban J connectivity index is 1.68. The molecule has 0 atom stereocenters. The maximum absolute atomic E-state index is 12.5. The summed E-state index contributed by atoms with van der Waals surface area (Å²) in [6, 6.07) is 2.09. The van der Waals surface area contributed by atoms with E-state index in [2.05, 4.69) is 26.6 Å². The van der Waals surface area contributed by atoms with Gasteiger partial charge in [0.1, 0.15) is 14.7 Å². The van der Waals surface area contributed by atoms with Gasteiger partial charge in [-0.25, -0.2) is 4.98 Å². The minimum absolute atomic E-state index is 0.246. The van der Waals surface area contributed by atoms with Crippen molar-refractivity contribution in [3.63, 3.8) is 0 Å². The van der Waals surface area contributed by atoms with Crippen LogP contribution in [0.5, 0.6) is 0 Å². The molecule has 3 N–H and O–H groups in total. The van der Waals surface area contributed by atoms with Crippen molar-refractivity contribution in [1.82, 2.24) is 15.2 Å². The lowest BCUT2D eigenvalue weighted by Crippen LogP contribution is -2.11. The number of amides is 1. The zero-order valence-corrected chi connectivity index (χ0v) is 14.2. The van der Waals surface area contributed by atoms with Gasteiger partial charge in [-0.15, -0.1) is 21.5 Å². The number of nitrogens with one attached hydrogen (secondary N) is 1. The van der Waals surface area contributed by atoms with E-state index in [1.807, 2.05) is 6.92 Å². The van der Waals surface area contributed by atoms with Crippen LogP contribution in [0.25, 0.3) is 10.2 Å². The van der Waals surface area contributed by atoms with E-state index < -0.39 is 0 Å². The highest BCUT2D eigenvalue weighted by Crippen LogP contribution is 2.36. The van der Waals surface area contributed by atoms with E-state index in [1.165, 1.54) is 28.2 Å². The molecule has 0 saturated carbocycles. The number of rotatable bonds is 3. The maximum Gasteiger partial charge on any atom is 0.269 e. The van der Waals surface area contributed by atoms with Crippen LogP contribution in [-0.4, -0.2) is 21.1 Å². The zero-order chi connectivity index (χ0) is 16.0. The summed E-state index contributed by atoms with van der Waals surface area (Å²) in [6.07, 6.45) is 3.99. The van der Waals surface area contributed by atoms with Gasteiger partial charge in [0.2, 0.25) is 5.13 Å². The number of nitrogens with two attached hydrogens (primary N) is 1. The second-order valence-electron chi connectivity index (χ2n) is 5.45. The van der Waals surface area contributed by atoms with Gasteiger partial charge < -0.3 is 5.73 Å². The molecule has 1 amide bonds. The Morgan fingerprint density at radius 3 is 3.00 bits per heavy atom. The van der Waals surface area contributed by atoms with Crippen molar-refractivity contribution in [2.24, 2.45) is 0 Å². The van der Waals surface area contributed by atoms with E-state index in [-0.39, 0.29) is 5.91 Å². The lowest BCUT2D eigenvalue weighted by molar-refractivity contribution is 0.103. The molecule has 0 radical (unpaired) electrons. The summed E-state index contributed by atoms with van der Waals surface area (Å²) >= 11 is 2.72. The molecule has 23 heavy (non-hydrogen) atoms. The summed E-state index contributed by atoms with van der Waals surface area (Å²) in [7, 11) is 0.